The van der Waals surface area contributed by atoms with Crippen molar-refractivity contribution in [2.75, 3.05) is 51.3 Å². The lowest BCUT2D eigenvalue weighted by Gasteiger charge is -2.39. The highest BCUT2D eigenvalue weighted by Crippen LogP contribution is 2.37. The maximum absolute atomic E-state index is 16.6. The highest BCUT2D eigenvalue weighted by molar-refractivity contribution is 6.36. The summed E-state index contributed by atoms with van der Waals surface area (Å²) in [5.74, 6) is -2.49. The van der Waals surface area contributed by atoms with E-state index in [0.29, 0.717) is 21.4 Å². The monoisotopic (exact) mass is 650 g/mol. The molecule has 2 fully saturated rings. The molecule has 2 aliphatic heterocycles. The Morgan fingerprint density at radius 3 is 2.76 bits per heavy atom. The van der Waals surface area contributed by atoms with Crippen LogP contribution in [-0.2, 0) is 4.79 Å². The minimum absolute atomic E-state index is 0.0271. The van der Waals surface area contributed by atoms with E-state index in [-0.39, 0.29) is 80.2 Å². The van der Waals surface area contributed by atoms with Gasteiger partial charge in [0.2, 0.25) is 6.54 Å². The van der Waals surface area contributed by atoms with Crippen molar-refractivity contribution in [1.82, 2.24) is 29.7 Å². The fourth-order valence-corrected chi connectivity index (χ4v) is 6.62. The molecule has 1 unspecified atom stereocenters. The maximum Gasteiger partial charge on any atom is 0.319 e. The van der Waals surface area contributed by atoms with E-state index in [1.165, 1.54) is 24.2 Å². The van der Waals surface area contributed by atoms with Crippen molar-refractivity contribution < 1.29 is 22.7 Å². The van der Waals surface area contributed by atoms with E-state index in [1.54, 1.807) is 30.3 Å². The summed E-state index contributed by atoms with van der Waals surface area (Å²) in [6.45, 7) is 12.6. The van der Waals surface area contributed by atoms with Gasteiger partial charge in [-0.15, -0.1) is 0 Å². The fraction of sp³-hybridized carbons (Fsp3) is 0.375. The Bertz CT molecular complexity index is 1900. The molecule has 0 N–H and O–H groups in total. The third kappa shape index (κ3) is 5.90. The summed E-state index contributed by atoms with van der Waals surface area (Å²) in [6, 6.07) is 4.21. The number of alkyl halides is 1. The second-order valence-electron chi connectivity index (χ2n) is 11.9. The zero-order chi connectivity index (χ0) is 32.7. The van der Waals surface area contributed by atoms with Crippen LogP contribution in [0.25, 0.3) is 37.8 Å². The first-order valence-electron chi connectivity index (χ1n) is 14.6. The van der Waals surface area contributed by atoms with Gasteiger partial charge >= 0.3 is 6.01 Å². The number of ether oxygens (including phenoxy) is 1. The zero-order valence-electron chi connectivity index (χ0n) is 25.2. The van der Waals surface area contributed by atoms with Crippen molar-refractivity contribution in [1.29, 1.82) is 0 Å². The predicted molar refractivity (Wildman–Crippen MR) is 169 cm³/mol. The number of amides is 1. The van der Waals surface area contributed by atoms with Crippen molar-refractivity contribution in [2.24, 2.45) is 0 Å². The molecule has 5 heterocycles. The Kier molecular flexibility index (Phi) is 8.43. The molecule has 14 heteroatoms. The van der Waals surface area contributed by atoms with Crippen LogP contribution in [0.3, 0.4) is 0 Å². The Hall–Kier alpha value is -4.54. The number of hydrogen-bond acceptors (Lipinski definition) is 8. The van der Waals surface area contributed by atoms with Crippen LogP contribution in [0, 0.1) is 12.4 Å². The summed E-state index contributed by atoms with van der Waals surface area (Å²) in [5, 5.41) is 1.94. The second-order valence-corrected chi connectivity index (χ2v) is 12.3. The van der Waals surface area contributed by atoms with Gasteiger partial charge in [0.15, 0.2) is 11.6 Å². The van der Waals surface area contributed by atoms with E-state index in [4.69, 9.17) is 22.9 Å². The summed E-state index contributed by atoms with van der Waals surface area (Å²) in [5.41, 5.74) is -1.11. The van der Waals surface area contributed by atoms with Gasteiger partial charge in [-0.25, -0.2) is 19.7 Å². The van der Waals surface area contributed by atoms with Crippen LogP contribution in [0.2, 0.25) is 5.02 Å². The molecule has 46 heavy (non-hydrogen) atoms. The molecule has 238 valence electrons. The number of pyridine rings is 2. The molecule has 6 rings (SSSR count). The van der Waals surface area contributed by atoms with Crippen molar-refractivity contribution >= 4 is 45.0 Å². The van der Waals surface area contributed by atoms with Gasteiger partial charge < -0.3 is 19.4 Å². The molecule has 2 aliphatic rings. The topological polar surface area (TPSA) is 91.9 Å². The fourth-order valence-electron chi connectivity index (χ4n) is 6.33. The second kappa shape index (κ2) is 12.3. The molecule has 10 nitrogen and oxygen atoms in total. The van der Waals surface area contributed by atoms with Gasteiger partial charge in [-0.05, 0) is 20.0 Å². The molecule has 1 aromatic carbocycles. The molecule has 0 radical (unpaired) electrons. The largest absolute Gasteiger partial charge is 0.462 e. The molecular weight excluding hydrogens is 621 g/mol. The van der Waals surface area contributed by atoms with Crippen LogP contribution < -0.4 is 9.64 Å². The summed E-state index contributed by atoms with van der Waals surface area (Å²) >= 11 is 6.52. The number of nitrogens with zero attached hydrogens (tertiary/aromatic N) is 8. The quantitative estimate of drug-likeness (QED) is 0.198. The van der Waals surface area contributed by atoms with E-state index >= 15 is 4.39 Å². The van der Waals surface area contributed by atoms with E-state index < -0.39 is 29.3 Å². The number of likely N-dealkylation sites (tertiary alicyclic amines) is 1. The molecule has 0 bridgehead atoms. The van der Waals surface area contributed by atoms with Gasteiger partial charge in [-0.1, -0.05) is 30.3 Å². The molecule has 3 atom stereocenters. The first kappa shape index (κ1) is 31.4. The van der Waals surface area contributed by atoms with Crippen LogP contribution in [0.15, 0.2) is 49.2 Å². The van der Waals surface area contributed by atoms with E-state index in [9.17, 15) is 13.6 Å². The molecule has 0 aliphatic carbocycles. The number of aromatic nitrogens is 4. The number of fused-ring (bicyclic) bond motifs is 2. The van der Waals surface area contributed by atoms with Crippen molar-refractivity contribution in [3.8, 4) is 17.3 Å². The van der Waals surface area contributed by atoms with Crippen LogP contribution >= 0.6 is 11.6 Å². The SMILES string of the molecule is [C-]#[N+]C[C@H]1CN(c2nc(OC[C@@H]3CC(C)(F)CN3C)nc3c(F)c(-c4cncc5cccc(Cl)c45)ncc23)CCN1C(=O)C(=C)F. The first-order chi connectivity index (χ1) is 22.0. The van der Waals surface area contributed by atoms with Gasteiger partial charge in [-0.3, -0.25) is 19.7 Å². The summed E-state index contributed by atoms with van der Waals surface area (Å²) in [6.07, 6.45) is 4.81. The Morgan fingerprint density at radius 1 is 1.24 bits per heavy atom. The lowest BCUT2D eigenvalue weighted by molar-refractivity contribution is -0.131. The third-order valence-electron chi connectivity index (χ3n) is 8.48. The predicted octanol–water partition coefficient (Wildman–Crippen LogP) is 5.26. The summed E-state index contributed by atoms with van der Waals surface area (Å²) in [7, 11) is 1.80. The number of halogens is 4. The normalized spacial score (nSPS) is 21.9. The highest BCUT2D eigenvalue weighted by Gasteiger charge is 2.40. The zero-order valence-corrected chi connectivity index (χ0v) is 25.9. The van der Waals surface area contributed by atoms with Gasteiger partial charge in [0, 0.05) is 78.6 Å². The number of piperazine rings is 1. The minimum Gasteiger partial charge on any atom is -0.462 e. The Balaban J connectivity index is 1.44. The number of hydrogen-bond donors (Lipinski definition) is 0. The first-order valence-corrected chi connectivity index (χ1v) is 15.0. The average Bonchev–Trinajstić information content (AvgIpc) is 3.30. The molecule has 0 saturated carbocycles. The molecule has 2 saturated heterocycles. The standard InChI is InChI=1S/C32H30ClF3N8O2/c1-18(34)30(45)44-9-8-43(15-21(44)12-37-3)29-23-14-39-27(22-13-38-11-19-6-5-7-24(33)25(19)22)26(35)28(23)40-31(41-29)46-16-20-10-32(2,36)17-42(20)4/h5-7,11,13-14,20-21H,1,8-10,12,15-17H2,2,4H3/t20-,21-,32?/m0/s1. The molecular formula is C32H30ClF3N8O2. The number of anilines is 1. The average molecular weight is 651 g/mol. The van der Waals surface area contributed by atoms with Crippen molar-refractivity contribution in [2.45, 2.75) is 31.1 Å². The number of likely N-dealkylation sites (N-methyl/N-ethyl adjacent to an activating group) is 1. The number of carbonyl (C=O) groups is 1. The Morgan fingerprint density at radius 2 is 2.04 bits per heavy atom. The Labute approximate surface area is 268 Å². The van der Waals surface area contributed by atoms with Crippen LogP contribution in [0.4, 0.5) is 19.0 Å². The maximum atomic E-state index is 16.6. The van der Waals surface area contributed by atoms with Gasteiger partial charge in [0.05, 0.1) is 5.39 Å². The molecule has 1 amide bonds. The highest BCUT2D eigenvalue weighted by atomic mass is 35.5. The van der Waals surface area contributed by atoms with Crippen LogP contribution in [0.1, 0.15) is 13.3 Å². The van der Waals surface area contributed by atoms with Crippen LogP contribution in [0.5, 0.6) is 6.01 Å². The molecule has 3 aromatic heterocycles. The summed E-state index contributed by atoms with van der Waals surface area (Å²) < 4.78 is 51.1. The van der Waals surface area contributed by atoms with E-state index in [0.717, 1.165) is 0 Å². The minimum atomic E-state index is -1.38. The van der Waals surface area contributed by atoms with E-state index in [1.807, 2.05) is 11.0 Å². The molecule has 4 aromatic rings. The van der Waals surface area contributed by atoms with Gasteiger partial charge in [0.25, 0.3) is 5.91 Å². The third-order valence-corrected chi connectivity index (χ3v) is 8.79. The molecule has 0 spiro atoms. The van der Waals surface area contributed by atoms with Crippen LogP contribution in [-0.4, -0.2) is 99.8 Å². The van der Waals surface area contributed by atoms with E-state index in [2.05, 4.69) is 31.4 Å². The van der Waals surface area contributed by atoms with Gasteiger partial charge in [0.1, 0.15) is 35.3 Å². The lowest BCUT2D eigenvalue weighted by Crippen LogP contribution is -2.56. The number of rotatable bonds is 7. The van der Waals surface area contributed by atoms with Gasteiger partial charge in [-0.2, -0.15) is 9.97 Å². The van der Waals surface area contributed by atoms with Crippen molar-refractivity contribution in [3.05, 3.63) is 71.5 Å². The lowest BCUT2D eigenvalue weighted by atomic mass is 10.0. The van der Waals surface area contributed by atoms with Crippen molar-refractivity contribution in [3.63, 3.8) is 0 Å². The number of carbonyl (C=O) groups excluding carboxylic acids is 1. The smallest absolute Gasteiger partial charge is 0.319 e. The number of benzene rings is 1. The summed E-state index contributed by atoms with van der Waals surface area (Å²) in [4.78, 5) is 38.6.